The molecule has 3 nitrogen and oxygen atoms in total. The fourth-order valence-corrected chi connectivity index (χ4v) is 3.45. The van der Waals surface area contributed by atoms with E-state index >= 15 is 0 Å². The van der Waals surface area contributed by atoms with Gasteiger partial charge in [0.05, 0.1) is 18.0 Å². The zero-order valence-electron chi connectivity index (χ0n) is 18.1. The lowest BCUT2D eigenvalue weighted by Crippen LogP contribution is -1.98. The van der Waals surface area contributed by atoms with Crippen LogP contribution in [0.15, 0.2) is 52.7 Å². The number of unbranched alkanes of at least 4 members (excludes halogenated alkanes) is 7. The van der Waals surface area contributed by atoms with E-state index in [2.05, 4.69) is 48.8 Å². The first kappa shape index (κ1) is 23.5. The fourth-order valence-electron chi connectivity index (χ4n) is 3.23. The molecule has 0 saturated heterocycles. The topological polar surface area (TPSA) is 34.0 Å². The van der Waals surface area contributed by atoms with Gasteiger partial charge >= 0.3 is 0 Å². The molecule has 2 aromatic rings. The van der Waals surface area contributed by atoms with Gasteiger partial charge in [0.25, 0.3) is 0 Å². The Morgan fingerprint density at radius 1 is 0.759 bits per heavy atom. The van der Waals surface area contributed by atoms with Crippen LogP contribution in [0.4, 0.5) is 11.4 Å². The number of azo groups is 1. The van der Waals surface area contributed by atoms with Gasteiger partial charge < -0.3 is 4.74 Å². The lowest BCUT2D eigenvalue weighted by molar-refractivity contribution is 0.302. The standard InChI is InChI=1S/C25H36N2OS/c1-3-22-12-14-23(15-13-22)26-27-24-16-17-25(21(2)20-24)28-18-10-8-6-4-5-7-9-11-19-29/h12-17,20,29H,3-11,18-19H2,1-2H3. The van der Waals surface area contributed by atoms with E-state index in [4.69, 9.17) is 4.74 Å². The third kappa shape index (κ3) is 9.49. The number of rotatable bonds is 14. The molecular weight excluding hydrogens is 376 g/mol. The summed E-state index contributed by atoms with van der Waals surface area (Å²) in [6.45, 7) is 5.00. The zero-order valence-corrected chi connectivity index (χ0v) is 19.0. The fraction of sp³-hybridized carbons (Fsp3) is 0.520. The molecule has 2 aromatic carbocycles. The van der Waals surface area contributed by atoms with E-state index in [1.807, 2.05) is 30.3 Å². The van der Waals surface area contributed by atoms with Crippen LogP contribution in [0.3, 0.4) is 0 Å². The normalized spacial score (nSPS) is 11.3. The van der Waals surface area contributed by atoms with Crippen molar-refractivity contribution < 1.29 is 4.74 Å². The molecule has 0 aliphatic carbocycles. The van der Waals surface area contributed by atoms with Crippen molar-refractivity contribution in [3.05, 3.63) is 53.6 Å². The Labute approximate surface area is 182 Å². The number of nitrogens with zero attached hydrogens (tertiary/aromatic N) is 2. The first-order chi connectivity index (χ1) is 14.2. The average Bonchev–Trinajstić information content (AvgIpc) is 2.75. The number of aryl methyl sites for hydroxylation is 2. The summed E-state index contributed by atoms with van der Waals surface area (Å²) in [4.78, 5) is 0. The quantitative estimate of drug-likeness (QED) is 0.189. The van der Waals surface area contributed by atoms with Crippen LogP contribution in [0.2, 0.25) is 0 Å². The highest BCUT2D eigenvalue weighted by molar-refractivity contribution is 7.80. The highest BCUT2D eigenvalue weighted by Crippen LogP contribution is 2.26. The molecule has 0 heterocycles. The lowest BCUT2D eigenvalue weighted by atomic mass is 10.1. The average molecular weight is 413 g/mol. The predicted octanol–water partition coefficient (Wildman–Crippen LogP) is 8.40. The lowest BCUT2D eigenvalue weighted by Gasteiger charge is -2.09. The van der Waals surface area contributed by atoms with Crippen LogP contribution in [0.5, 0.6) is 5.75 Å². The number of hydrogen-bond donors (Lipinski definition) is 1. The number of thiol groups is 1. The smallest absolute Gasteiger partial charge is 0.122 e. The van der Waals surface area contributed by atoms with Gasteiger partial charge in [0, 0.05) is 0 Å². The van der Waals surface area contributed by atoms with E-state index in [-0.39, 0.29) is 0 Å². The van der Waals surface area contributed by atoms with E-state index in [0.29, 0.717) is 0 Å². The van der Waals surface area contributed by atoms with E-state index < -0.39 is 0 Å². The van der Waals surface area contributed by atoms with Crippen molar-refractivity contribution in [1.29, 1.82) is 0 Å². The van der Waals surface area contributed by atoms with Crippen molar-refractivity contribution in [3.8, 4) is 5.75 Å². The van der Waals surface area contributed by atoms with E-state index in [1.165, 1.54) is 50.5 Å². The third-order valence-corrected chi connectivity index (χ3v) is 5.41. The Balaban J connectivity index is 1.67. The van der Waals surface area contributed by atoms with Crippen LogP contribution >= 0.6 is 12.6 Å². The van der Waals surface area contributed by atoms with Crippen molar-refractivity contribution in [2.24, 2.45) is 10.2 Å². The highest BCUT2D eigenvalue weighted by atomic mass is 32.1. The largest absolute Gasteiger partial charge is 0.493 e. The van der Waals surface area contributed by atoms with Gasteiger partial charge in [0.15, 0.2) is 0 Å². The molecule has 4 heteroatoms. The second kappa shape index (κ2) is 14.2. The highest BCUT2D eigenvalue weighted by Gasteiger charge is 2.02. The van der Waals surface area contributed by atoms with Crippen LogP contribution in [-0.4, -0.2) is 12.4 Å². The molecule has 0 spiro atoms. The molecule has 29 heavy (non-hydrogen) atoms. The molecule has 0 aliphatic heterocycles. The maximum Gasteiger partial charge on any atom is 0.122 e. The number of benzene rings is 2. The van der Waals surface area contributed by atoms with Crippen LogP contribution in [0.1, 0.15) is 69.4 Å². The van der Waals surface area contributed by atoms with Gasteiger partial charge in [-0.3, -0.25) is 0 Å². The molecular formula is C25H36N2OS. The maximum absolute atomic E-state index is 5.96. The van der Waals surface area contributed by atoms with E-state index in [0.717, 1.165) is 47.9 Å². The van der Waals surface area contributed by atoms with Crippen molar-refractivity contribution in [2.75, 3.05) is 12.4 Å². The summed E-state index contributed by atoms with van der Waals surface area (Å²) in [5, 5.41) is 8.69. The minimum atomic E-state index is 0.783. The molecule has 0 atom stereocenters. The van der Waals surface area contributed by atoms with Crippen LogP contribution in [0.25, 0.3) is 0 Å². The molecule has 2 rings (SSSR count). The second-order valence-corrected chi connectivity index (χ2v) is 8.02. The van der Waals surface area contributed by atoms with Crippen LogP contribution in [-0.2, 0) is 6.42 Å². The molecule has 0 unspecified atom stereocenters. The van der Waals surface area contributed by atoms with Gasteiger partial charge in [-0.1, -0.05) is 57.6 Å². The van der Waals surface area contributed by atoms with Gasteiger partial charge in [-0.05, 0) is 73.4 Å². The summed E-state index contributed by atoms with van der Waals surface area (Å²) < 4.78 is 5.96. The molecule has 0 bridgehead atoms. The van der Waals surface area contributed by atoms with Crippen molar-refractivity contribution >= 4 is 24.0 Å². The summed E-state index contributed by atoms with van der Waals surface area (Å²) in [5.41, 5.74) is 4.15. The Morgan fingerprint density at radius 3 is 1.97 bits per heavy atom. The van der Waals surface area contributed by atoms with E-state index in [1.54, 1.807) is 0 Å². The summed E-state index contributed by atoms with van der Waals surface area (Å²) in [7, 11) is 0. The molecule has 0 aliphatic rings. The first-order valence-corrected chi connectivity index (χ1v) is 11.7. The van der Waals surface area contributed by atoms with E-state index in [9.17, 15) is 0 Å². The Hall–Kier alpha value is -1.81. The van der Waals surface area contributed by atoms with Crippen LogP contribution < -0.4 is 4.74 Å². The number of ether oxygens (including phenoxy) is 1. The SMILES string of the molecule is CCc1ccc(N=Nc2ccc(OCCCCCCCCCCS)c(C)c2)cc1. The molecule has 158 valence electrons. The molecule has 0 aromatic heterocycles. The molecule has 0 amide bonds. The Morgan fingerprint density at radius 2 is 1.34 bits per heavy atom. The Bertz CT molecular complexity index is 728. The minimum absolute atomic E-state index is 0.783. The second-order valence-electron chi connectivity index (χ2n) is 7.57. The van der Waals surface area contributed by atoms with Gasteiger partial charge in [-0.2, -0.15) is 22.9 Å². The summed E-state index contributed by atoms with van der Waals surface area (Å²) in [6.07, 6.45) is 11.3. The van der Waals surface area contributed by atoms with Gasteiger partial charge in [-0.25, -0.2) is 0 Å². The summed E-state index contributed by atoms with van der Waals surface area (Å²) >= 11 is 4.25. The Kier molecular flexibility index (Phi) is 11.5. The molecule has 0 radical (unpaired) electrons. The summed E-state index contributed by atoms with van der Waals surface area (Å²) in [5.74, 6) is 1.97. The maximum atomic E-state index is 5.96. The van der Waals surface area contributed by atoms with Crippen LogP contribution in [0, 0.1) is 6.92 Å². The third-order valence-electron chi connectivity index (χ3n) is 5.09. The van der Waals surface area contributed by atoms with Gasteiger partial charge in [0.2, 0.25) is 0 Å². The molecule has 0 fully saturated rings. The van der Waals surface area contributed by atoms with Crippen molar-refractivity contribution in [1.82, 2.24) is 0 Å². The monoisotopic (exact) mass is 412 g/mol. The summed E-state index contributed by atoms with van der Waals surface area (Å²) in [6, 6.07) is 14.2. The number of hydrogen-bond acceptors (Lipinski definition) is 4. The van der Waals surface area contributed by atoms with Gasteiger partial charge in [0.1, 0.15) is 5.75 Å². The zero-order chi connectivity index (χ0) is 20.7. The first-order valence-electron chi connectivity index (χ1n) is 11.1. The van der Waals surface area contributed by atoms with Crippen molar-refractivity contribution in [2.45, 2.75) is 71.6 Å². The molecule has 0 saturated carbocycles. The molecule has 0 N–H and O–H groups in total. The predicted molar refractivity (Wildman–Crippen MR) is 127 cm³/mol. The minimum Gasteiger partial charge on any atom is -0.493 e. The van der Waals surface area contributed by atoms with Gasteiger partial charge in [-0.15, -0.1) is 0 Å². The van der Waals surface area contributed by atoms with Crippen molar-refractivity contribution in [3.63, 3.8) is 0 Å².